The van der Waals surface area contributed by atoms with E-state index in [2.05, 4.69) is 34.1 Å². The van der Waals surface area contributed by atoms with Crippen LogP contribution in [-0.2, 0) is 20.8 Å². The summed E-state index contributed by atoms with van der Waals surface area (Å²) in [4.78, 5) is 0. The Kier molecular flexibility index (Phi) is 7.12. The van der Waals surface area contributed by atoms with E-state index in [-0.39, 0.29) is 13.0 Å². The van der Waals surface area contributed by atoms with Gasteiger partial charge >= 0.3 is 0 Å². The van der Waals surface area contributed by atoms with Gasteiger partial charge in [0.25, 0.3) is 0 Å². The number of aliphatic hydroxyl groups excluding tert-OH is 2. The number of nitrogens with one attached hydrogen (secondary N) is 3. The summed E-state index contributed by atoms with van der Waals surface area (Å²) < 4.78 is 18.1. The number of fused-ring (bicyclic) bond motifs is 3. The number of ether oxygens (including phenoxy) is 3. The van der Waals surface area contributed by atoms with Gasteiger partial charge in [0.2, 0.25) is 12.1 Å². The highest BCUT2D eigenvalue weighted by molar-refractivity contribution is 5.82. The van der Waals surface area contributed by atoms with E-state index in [1.54, 1.807) is 21.0 Å². The summed E-state index contributed by atoms with van der Waals surface area (Å²) in [5.41, 5.74) is -0.723. The average Bonchev–Trinajstić information content (AvgIpc) is 2.85. The molecule has 3 fully saturated rings. The third-order valence-corrected chi connectivity index (χ3v) is 7.91. The van der Waals surface area contributed by atoms with Crippen molar-refractivity contribution in [1.29, 1.82) is 0 Å². The summed E-state index contributed by atoms with van der Waals surface area (Å²) in [5.74, 6) is -2.22. The van der Waals surface area contributed by atoms with Gasteiger partial charge in [0.1, 0.15) is 23.9 Å². The van der Waals surface area contributed by atoms with Gasteiger partial charge in [0.15, 0.2) is 0 Å². The second kappa shape index (κ2) is 9.88. The molecule has 10 heteroatoms. The van der Waals surface area contributed by atoms with Gasteiger partial charge in [0.05, 0.1) is 24.3 Å². The van der Waals surface area contributed by atoms with Gasteiger partial charge in [-0.25, -0.2) is 0 Å². The van der Waals surface area contributed by atoms with Crippen molar-refractivity contribution in [3.05, 3.63) is 48.0 Å². The molecule has 36 heavy (non-hydrogen) atoms. The molecule has 2 heterocycles. The van der Waals surface area contributed by atoms with Crippen molar-refractivity contribution in [2.45, 2.75) is 80.2 Å². The SMILES string of the molecule is CN[C@@H]1[C@H](O)[C@H](NC)C2O[C@]3(O)C(OC2[C@H]1O)O[C@H](C)C[C@@]3(O)CNCc1ccc2ccccc2c1. The number of rotatable bonds is 6. The highest BCUT2D eigenvalue weighted by Gasteiger charge is 2.68. The van der Waals surface area contributed by atoms with Gasteiger partial charge in [-0.1, -0.05) is 36.4 Å². The van der Waals surface area contributed by atoms with Gasteiger partial charge in [-0.05, 0) is 43.4 Å². The smallest absolute Gasteiger partial charge is 0.249 e. The summed E-state index contributed by atoms with van der Waals surface area (Å²) in [6, 6.07) is 12.9. The Bertz CT molecular complexity index is 1070. The van der Waals surface area contributed by atoms with Crippen LogP contribution in [-0.4, -0.2) is 101 Å². The third kappa shape index (κ3) is 4.25. The predicted molar refractivity (Wildman–Crippen MR) is 132 cm³/mol. The quantitative estimate of drug-likeness (QED) is 0.267. The molecular weight excluding hydrogens is 466 g/mol. The van der Waals surface area contributed by atoms with E-state index in [0.29, 0.717) is 6.54 Å². The normalized spacial score (nSPS) is 42.6. The topological polar surface area (TPSA) is 145 Å². The van der Waals surface area contributed by atoms with E-state index in [1.807, 2.05) is 24.3 Å². The maximum Gasteiger partial charge on any atom is 0.249 e. The minimum atomic E-state index is -2.22. The molecule has 2 aromatic carbocycles. The second-order valence-electron chi connectivity index (χ2n) is 10.3. The van der Waals surface area contributed by atoms with Crippen LogP contribution in [0.5, 0.6) is 0 Å². The molecular formula is C26H37N3O7. The molecule has 1 saturated carbocycles. The third-order valence-electron chi connectivity index (χ3n) is 7.91. The fourth-order valence-corrected chi connectivity index (χ4v) is 5.99. The number of likely N-dealkylation sites (N-methyl/N-ethyl adjacent to an activating group) is 2. The van der Waals surface area contributed by atoms with Crippen LogP contribution in [0.2, 0.25) is 0 Å². The summed E-state index contributed by atoms with van der Waals surface area (Å²) >= 11 is 0. The maximum atomic E-state index is 11.8. The van der Waals surface area contributed by atoms with Crippen molar-refractivity contribution in [3.8, 4) is 0 Å². The average molecular weight is 504 g/mol. The Labute approximate surface area is 210 Å². The zero-order chi connectivity index (χ0) is 25.7. The Hall–Kier alpha value is -1.70. The van der Waals surface area contributed by atoms with Crippen molar-refractivity contribution in [3.63, 3.8) is 0 Å². The number of hydrogen-bond acceptors (Lipinski definition) is 10. The molecule has 2 aromatic rings. The zero-order valence-corrected chi connectivity index (χ0v) is 20.8. The summed E-state index contributed by atoms with van der Waals surface area (Å²) in [6.07, 6.45) is -5.64. The highest BCUT2D eigenvalue weighted by Crippen LogP contribution is 2.46. The summed E-state index contributed by atoms with van der Waals surface area (Å²) in [5, 5.41) is 56.7. The van der Waals surface area contributed by atoms with Crippen LogP contribution in [0.3, 0.4) is 0 Å². The first kappa shape index (κ1) is 25.9. The molecule has 2 aliphatic heterocycles. The Morgan fingerprint density at radius 2 is 1.64 bits per heavy atom. The molecule has 3 unspecified atom stereocenters. The molecule has 0 amide bonds. The fraction of sp³-hybridized carbons (Fsp3) is 0.615. The summed E-state index contributed by atoms with van der Waals surface area (Å²) in [7, 11) is 3.30. The lowest BCUT2D eigenvalue weighted by Crippen LogP contribution is -2.81. The molecule has 10 nitrogen and oxygen atoms in total. The van der Waals surface area contributed by atoms with Crippen LogP contribution in [0.25, 0.3) is 10.8 Å². The zero-order valence-electron chi connectivity index (χ0n) is 20.8. The Morgan fingerprint density at radius 3 is 2.36 bits per heavy atom. The molecule has 0 radical (unpaired) electrons. The predicted octanol–water partition coefficient (Wildman–Crippen LogP) is -0.821. The molecule has 5 rings (SSSR count). The van der Waals surface area contributed by atoms with Crippen molar-refractivity contribution < 1.29 is 34.6 Å². The van der Waals surface area contributed by atoms with E-state index in [1.165, 1.54) is 0 Å². The van der Waals surface area contributed by atoms with Crippen molar-refractivity contribution in [2.75, 3.05) is 20.6 Å². The lowest BCUT2D eigenvalue weighted by molar-refractivity contribution is -0.482. The van der Waals surface area contributed by atoms with Crippen LogP contribution in [0.1, 0.15) is 18.9 Å². The first-order valence-corrected chi connectivity index (χ1v) is 12.5. The van der Waals surface area contributed by atoms with E-state index in [4.69, 9.17) is 14.2 Å². The highest BCUT2D eigenvalue weighted by atomic mass is 16.8. The van der Waals surface area contributed by atoms with E-state index in [9.17, 15) is 20.4 Å². The van der Waals surface area contributed by atoms with Crippen molar-refractivity contribution in [1.82, 2.24) is 16.0 Å². The van der Waals surface area contributed by atoms with Crippen molar-refractivity contribution in [2.24, 2.45) is 0 Å². The number of aliphatic hydroxyl groups is 4. The molecule has 0 bridgehead atoms. The minimum absolute atomic E-state index is 0.00966. The number of benzene rings is 2. The van der Waals surface area contributed by atoms with Crippen molar-refractivity contribution >= 4 is 10.8 Å². The standard InChI is InChI=1S/C26H37N3O7/c1-14-11-25(32,13-29-12-15-8-9-16-6-4-5-7-17(16)10-15)26(33)24(34-14)35-23-21(31)18(27-2)20(30)19(28-3)22(23)36-26/h4-10,14,18-24,27-33H,11-13H2,1-3H3/t14-,18-,19+,20+,21+,22?,23?,24?,25-,26-/m1/s1. The number of hydrogen-bond donors (Lipinski definition) is 7. The molecule has 0 aromatic heterocycles. The van der Waals surface area contributed by atoms with Crippen LogP contribution in [0.15, 0.2) is 42.5 Å². The van der Waals surface area contributed by atoms with Crippen LogP contribution < -0.4 is 16.0 Å². The van der Waals surface area contributed by atoms with Gasteiger partial charge in [0, 0.05) is 19.5 Å². The lowest BCUT2D eigenvalue weighted by atomic mass is 9.77. The molecule has 2 saturated heterocycles. The summed E-state index contributed by atoms with van der Waals surface area (Å²) in [6.45, 7) is 2.27. The lowest BCUT2D eigenvalue weighted by Gasteiger charge is -2.60. The second-order valence-corrected chi connectivity index (χ2v) is 10.3. The molecule has 10 atom stereocenters. The van der Waals surface area contributed by atoms with Crippen LogP contribution in [0.4, 0.5) is 0 Å². The molecule has 1 aliphatic carbocycles. The van der Waals surface area contributed by atoms with Crippen LogP contribution >= 0.6 is 0 Å². The fourth-order valence-electron chi connectivity index (χ4n) is 5.99. The van der Waals surface area contributed by atoms with Crippen LogP contribution in [0, 0.1) is 0 Å². The van der Waals surface area contributed by atoms with Gasteiger partial charge in [-0.3, -0.25) is 0 Å². The van der Waals surface area contributed by atoms with E-state index in [0.717, 1.165) is 16.3 Å². The first-order chi connectivity index (χ1) is 17.2. The Morgan fingerprint density at radius 1 is 0.917 bits per heavy atom. The molecule has 198 valence electrons. The molecule has 7 N–H and O–H groups in total. The maximum absolute atomic E-state index is 11.8. The Balaban J connectivity index is 1.36. The first-order valence-electron chi connectivity index (χ1n) is 12.5. The monoisotopic (exact) mass is 503 g/mol. The van der Waals surface area contributed by atoms with Gasteiger partial charge in [-0.2, -0.15) is 0 Å². The van der Waals surface area contributed by atoms with Gasteiger partial charge < -0.3 is 50.6 Å². The van der Waals surface area contributed by atoms with Gasteiger partial charge in [-0.15, -0.1) is 0 Å². The van der Waals surface area contributed by atoms with E-state index < -0.39 is 60.3 Å². The minimum Gasteiger partial charge on any atom is -0.390 e. The molecule has 3 aliphatic rings. The largest absolute Gasteiger partial charge is 0.390 e. The van der Waals surface area contributed by atoms with E-state index >= 15 is 0 Å². The molecule has 0 spiro atoms.